The largest absolute Gasteiger partial charge is 0.495 e. The fraction of sp³-hybridized carbons (Fsp3) is 0.286. The van der Waals surface area contributed by atoms with Gasteiger partial charge in [0, 0.05) is 18.7 Å². The molecule has 1 aromatic heterocycles. The number of methoxy groups -OCH3 is 1. The summed E-state index contributed by atoms with van der Waals surface area (Å²) in [7, 11) is 1.53. The van der Waals surface area contributed by atoms with Gasteiger partial charge >= 0.3 is 5.69 Å². The number of hydrogen-bond donors (Lipinski definition) is 2. The minimum Gasteiger partial charge on any atom is -0.495 e. The molecule has 0 saturated carbocycles. The van der Waals surface area contributed by atoms with Crippen LogP contribution in [0.15, 0.2) is 52.1 Å². The molecular weight excluding hydrogens is 394 g/mol. The molecule has 0 fully saturated rings. The third kappa shape index (κ3) is 5.06. The lowest BCUT2D eigenvalue weighted by Crippen LogP contribution is -2.35. The van der Waals surface area contributed by atoms with E-state index in [4.69, 9.17) is 16.3 Å². The fourth-order valence-electron chi connectivity index (χ4n) is 3.10. The molecule has 29 heavy (non-hydrogen) atoms. The van der Waals surface area contributed by atoms with Crippen molar-refractivity contribution in [1.29, 1.82) is 0 Å². The highest BCUT2D eigenvalue weighted by molar-refractivity contribution is 6.32. The van der Waals surface area contributed by atoms with Crippen molar-refractivity contribution in [2.24, 2.45) is 0 Å². The predicted molar refractivity (Wildman–Crippen MR) is 114 cm³/mol. The van der Waals surface area contributed by atoms with Crippen LogP contribution in [-0.4, -0.2) is 22.6 Å². The van der Waals surface area contributed by atoms with Gasteiger partial charge in [-0.2, -0.15) is 0 Å². The van der Waals surface area contributed by atoms with Crippen LogP contribution in [0.4, 0.5) is 5.69 Å². The van der Waals surface area contributed by atoms with E-state index in [9.17, 15) is 14.4 Å². The average Bonchev–Trinajstić information content (AvgIpc) is 2.70. The lowest BCUT2D eigenvalue weighted by atomic mass is 10.1. The van der Waals surface area contributed by atoms with E-state index in [1.807, 2.05) is 0 Å². The van der Waals surface area contributed by atoms with Crippen molar-refractivity contribution >= 4 is 34.1 Å². The molecule has 8 heteroatoms. The number of unbranched alkanes of at least 4 members (excludes halogenated alkanes) is 2. The zero-order valence-electron chi connectivity index (χ0n) is 16.0. The summed E-state index contributed by atoms with van der Waals surface area (Å²) >= 11 is 6.05. The highest BCUT2D eigenvalue weighted by atomic mass is 35.5. The molecule has 0 radical (unpaired) electrons. The molecule has 0 atom stereocenters. The molecule has 1 amide bonds. The van der Waals surface area contributed by atoms with Gasteiger partial charge in [0.05, 0.1) is 23.0 Å². The fourth-order valence-corrected chi connectivity index (χ4v) is 3.36. The number of carbonyl (C=O) groups is 1. The number of anilines is 1. The molecule has 0 unspecified atom stereocenters. The second-order valence-electron chi connectivity index (χ2n) is 6.64. The van der Waals surface area contributed by atoms with Crippen LogP contribution in [0.5, 0.6) is 5.75 Å². The van der Waals surface area contributed by atoms with E-state index in [2.05, 4.69) is 10.3 Å². The first-order valence-electron chi connectivity index (χ1n) is 9.35. The van der Waals surface area contributed by atoms with Crippen LogP contribution in [0.3, 0.4) is 0 Å². The number of rotatable bonds is 8. The molecular formula is C21H22ClN3O4. The third-order valence-corrected chi connectivity index (χ3v) is 4.91. The summed E-state index contributed by atoms with van der Waals surface area (Å²) in [6, 6.07) is 12.0. The van der Waals surface area contributed by atoms with Gasteiger partial charge in [-0.25, -0.2) is 4.79 Å². The second kappa shape index (κ2) is 9.43. The standard InChI is InChI=1S/C21H22ClN3O4/c1-29-18-11-10-14(13-16(18)22)23-19(26)9-3-2-6-12-25-20(27)15-7-4-5-8-17(15)24-21(25)28/h4-5,7-8,10-11,13H,2-3,6,9,12H2,1H3,(H,23,26)(H,24,28). The first kappa shape index (κ1) is 20.7. The van der Waals surface area contributed by atoms with Crippen LogP contribution in [0.1, 0.15) is 25.7 Å². The van der Waals surface area contributed by atoms with Gasteiger partial charge in [-0.15, -0.1) is 0 Å². The van der Waals surface area contributed by atoms with Gasteiger partial charge in [0.2, 0.25) is 5.91 Å². The number of aromatic nitrogens is 2. The summed E-state index contributed by atoms with van der Waals surface area (Å²) in [5, 5.41) is 3.71. The molecule has 2 aromatic carbocycles. The van der Waals surface area contributed by atoms with Crippen LogP contribution < -0.4 is 21.3 Å². The molecule has 0 aliphatic heterocycles. The minimum absolute atomic E-state index is 0.119. The van der Waals surface area contributed by atoms with E-state index >= 15 is 0 Å². The number of hydrogen-bond acceptors (Lipinski definition) is 4. The maximum Gasteiger partial charge on any atom is 0.328 e. The number of nitrogens with zero attached hydrogens (tertiary/aromatic N) is 1. The minimum atomic E-state index is -0.414. The van der Waals surface area contributed by atoms with Crippen molar-refractivity contribution in [3.63, 3.8) is 0 Å². The summed E-state index contributed by atoms with van der Waals surface area (Å²) in [5.74, 6) is 0.426. The zero-order chi connectivity index (χ0) is 20.8. The Balaban J connectivity index is 1.48. The Kier molecular flexibility index (Phi) is 6.72. The summed E-state index contributed by atoms with van der Waals surface area (Å²) in [6.45, 7) is 0.314. The summed E-state index contributed by atoms with van der Waals surface area (Å²) < 4.78 is 6.29. The van der Waals surface area contributed by atoms with Gasteiger partial charge in [-0.3, -0.25) is 14.2 Å². The third-order valence-electron chi connectivity index (χ3n) is 4.61. The lowest BCUT2D eigenvalue weighted by molar-refractivity contribution is -0.116. The van der Waals surface area contributed by atoms with Crippen molar-refractivity contribution in [3.8, 4) is 5.75 Å². The highest BCUT2D eigenvalue weighted by Crippen LogP contribution is 2.27. The van der Waals surface area contributed by atoms with Crippen LogP contribution >= 0.6 is 11.6 Å². The number of aromatic amines is 1. The Hall–Kier alpha value is -3.06. The molecule has 2 N–H and O–H groups in total. The van der Waals surface area contributed by atoms with E-state index in [0.29, 0.717) is 53.2 Å². The normalized spacial score (nSPS) is 10.8. The molecule has 0 bridgehead atoms. The van der Waals surface area contributed by atoms with Crippen LogP contribution in [0.2, 0.25) is 5.02 Å². The summed E-state index contributed by atoms with van der Waals surface area (Å²) in [5.41, 5.74) is 0.436. The number of ether oxygens (including phenoxy) is 1. The van der Waals surface area contributed by atoms with Gasteiger partial charge in [0.1, 0.15) is 5.75 Å². The number of para-hydroxylation sites is 1. The van der Waals surface area contributed by atoms with E-state index < -0.39 is 5.69 Å². The number of fused-ring (bicyclic) bond motifs is 1. The predicted octanol–water partition coefficient (Wildman–Crippen LogP) is 3.55. The monoisotopic (exact) mass is 415 g/mol. The van der Waals surface area contributed by atoms with Crippen molar-refractivity contribution in [2.45, 2.75) is 32.2 Å². The summed E-state index contributed by atoms with van der Waals surface area (Å²) in [6.07, 6.45) is 2.33. The van der Waals surface area contributed by atoms with E-state index in [1.54, 1.807) is 42.5 Å². The summed E-state index contributed by atoms with van der Waals surface area (Å²) in [4.78, 5) is 39.4. The highest BCUT2D eigenvalue weighted by Gasteiger charge is 2.08. The molecule has 3 rings (SSSR count). The average molecular weight is 416 g/mol. The molecule has 0 spiro atoms. The topological polar surface area (TPSA) is 93.2 Å². The molecule has 1 heterocycles. The van der Waals surface area contributed by atoms with Crippen molar-refractivity contribution < 1.29 is 9.53 Å². The maximum atomic E-state index is 12.5. The molecule has 7 nitrogen and oxygen atoms in total. The Labute approximate surface area is 172 Å². The van der Waals surface area contributed by atoms with E-state index in [0.717, 1.165) is 6.42 Å². The van der Waals surface area contributed by atoms with Crippen molar-refractivity contribution in [2.75, 3.05) is 12.4 Å². The van der Waals surface area contributed by atoms with E-state index in [1.165, 1.54) is 11.7 Å². The Morgan fingerprint density at radius 3 is 2.69 bits per heavy atom. The Bertz CT molecular complexity index is 1140. The number of benzene rings is 2. The lowest BCUT2D eigenvalue weighted by Gasteiger charge is -2.08. The van der Waals surface area contributed by atoms with E-state index in [-0.39, 0.29) is 11.5 Å². The van der Waals surface area contributed by atoms with Crippen LogP contribution in [-0.2, 0) is 11.3 Å². The molecule has 152 valence electrons. The smallest absolute Gasteiger partial charge is 0.328 e. The second-order valence-corrected chi connectivity index (χ2v) is 7.05. The number of H-pyrrole nitrogens is 1. The number of halogens is 1. The first-order valence-corrected chi connectivity index (χ1v) is 9.72. The number of carbonyl (C=O) groups excluding carboxylic acids is 1. The van der Waals surface area contributed by atoms with Gasteiger partial charge in [0.15, 0.2) is 0 Å². The quantitative estimate of drug-likeness (QED) is 0.550. The Morgan fingerprint density at radius 1 is 1.14 bits per heavy atom. The molecule has 3 aromatic rings. The van der Waals surface area contributed by atoms with Gasteiger partial charge < -0.3 is 15.0 Å². The number of amides is 1. The van der Waals surface area contributed by atoms with Gasteiger partial charge in [-0.05, 0) is 43.2 Å². The maximum absolute atomic E-state index is 12.5. The zero-order valence-corrected chi connectivity index (χ0v) is 16.8. The van der Waals surface area contributed by atoms with Crippen molar-refractivity contribution in [1.82, 2.24) is 9.55 Å². The van der Waals surface area contributed by atoms with Gasteiger partial charge in [-0.1, -0.05) is 30.2 Å². The van der Waals surface area contributed by atoms with Crippen LogP contribution in [0.25, 0.3) is 10.9 Å². The number of nitrogens with one attached hydrogen (secondary N) is 2. The van der Waals surface area contributed by atoms with Crippen LogP contribution in [0, 0.1) is 0 Å². The Morgan fingerprint density at radius 2 is 1.93 bits per heavy atom. The SMILES string of the molecule is COc1ccc(NC(=O)CCCCCn2c(=O)[nH]c3ccccc3c2=O)cc1Cl. The van der Waals surface area contributed by atoms with Gasteiger partial charge in [0.25, 0.3) is 5.56 Å². The molecule has 0 aliphatic carbocycles. The first-order chi connectivity index (χ1) is 14.0. The molecule has 0 saturated heterocycles. The van der Waals surface area contributed by atoms with Crippen molar-refractivity contribution in [3.05, 3.63) is 68.3 Å². The molecule has 0 aliphatic rings.